The summed E-state index contributed by atoms with van der Waals surface area (Å²) in [5.74, 6) is 1.76. The van der Waals surface area contributed by atoms with Gasteiger partial charge in [-0.2, -0.15) is 9.97 Å². The number of para-hydroxylation sites is 2. The van der Waals surface area contributed by atoms with E-state index in [2.05, 4.69) is 187 Å². The third-order valence-electron chi connectivity index (χ3n) is 12.4. The predicted octanol–water partition coefficient (Wildman–Crippen LogP) is 15.0. The maximum absolute atomic E-state index is 6.63. The van der Waals surface area contributed by atoms with E-state index in [0.29, 0.717) is 17.6 Å². The van der Waals surface area contributed by atoms with Gasteiger partial charge in [-0.25, -0.2) is 4.98 Å². The van der Waals surface area contributed by atoms with Crippen LogP contribution in [0.15, 0.2) is 211 Å². The lowest BCUT2D eigenvalue weighted by Crippen LogP contribution is -2.07. The molecule has 0 aliphatic heterocycles. The maximum atomic E-state index is 6.63. The fraction of sp³-hybridized carbons (Fsp3) is 0. The molecule has 0 bridgehead atoms. The molecular formula is C57H34N4O. The molecule has 0 unspecified atom stereocenters. The summed E-state index contributed by atoms with van der Waals surface area (Å²) < 4.78 is 8.85. The van der Waals surface area contributed by atoms with Crippen molar-refractivity contribution in [1.82, 2.24) is 19.5 Å². The van der Waals surface area contributed by atoms with Crippen LogP contribution in [0.2, 0.25) is 0 Å². The number of nitrogens with zero attached hydrogens (tertiary/aromatic N) is 4. The topological polar surface area (TPSA) is 56.7 Å². The standard InChI is InChI=1S/C57H34N4O/c1-3-14-35(15-4-1)37-26-30-47-48-31-27-38(34-53(48)62-52(47)33-37)40-23-13-24-49-46-22-11-12-25-51(46)61(54(40)49)57-59-55(36-16-5-2-6-17-36)58-56(60-57)39-28-29-45-43-20-8-7-18-41(43)42-19-9-10-21-44(42)50(45)32-39/h1-34H. The van der Waals surface area contributed by atoms with E-state index in [0.717, 1.165) is 82.5 Å². The molecule has 0 amide bonds. The Morgan fingerprint density at radius 1 is 0.306 bits per heavy atom. The molecule has 0 saturated carbocycles. The first-order valence-electron chi connectivity index (χ1n) is 20.9. The van der Waals surface area contributed by atoms with Gasteiger partial charge < -0.3 is 4.42 Å². The summed E-state index contributed by atoms with van der Waals surface area (Å²) in [6, 6.07) is 72.7. The Hall–Kier alpha value is -8.41. The molecular weight excluding hydrogens is 757 g/mol. The molecule has 3 heterocycles. The zero-order valence-electron chi connectivity index (χ0n) is 33.3. The van der Waals surface area contributed by atoms with Crippen molar-refractivity contribution in [3.8, 4) is 51.0 Å². The third-order valence-corrected chi connectivity index (χ3v) is 12.4. The summed E-state index contributed by atoms with van der Waals surface area (Å²) in [6.07, 6.45) is 0. The van der Waals surface area contributed by atoms with E-state index in [1.54, 1.807) is 0 Å². The van der Waals surface area contributed by atoms with Crippen LogP contribution in [0, 0.1) is 0 Å². The van der Waals surface area contributed by atoms with Gasteiger partial charge in [0.25, 0.3) is 0 Å². The summed E-state index contributed by atoms with van der Waals surface area (Å²) in [7, 11) is 0. The highest BCUT2D eigenvalue weighted by Crippen LogP contribution is 2.41. The van der Waals surface area contributed by atoms with Crippen molar-refractivity contribution >= 4 is 76.1 Å². The Balaban J connectivity index is 1.04. The van der Waals surface area contributed by atoms with Crippen LogP contribution in [0.25, 0.3) is 127 Å². The van der Waals surface area contributed by atoms with Crippen molar-refractivity contribution < 1.29 is 4.42 Å². The Bertz CT molecular complexity index is 3890. The maximum Gasteiger partial charge on any atom is 0.238 e. The molecule has 0 N–H and O–H groups in total. The van der Waals surface area contributed by atoms with Crippen molar-refractivity contribution in [2.75, 3.05) is 0 Å². The van der Waals surface area contributed by atoms with Crippen LogP contribution < -0.4 is 0 Å². The van der Waals surface area contributed by atoms with Crippen molar-refractivity contribution in [3.63, 3.8) is 0 Å². The summed E-state index contributed by atoms with van der Waals surface area (Å²) in [4.78, 5) is 15.9. The molecule has 0 radical (unpaired) electrons. The van der Waals surface area contributed by atoms with E-state index in [1.165, 1.54) is 26.9 Å². The van der Waals surface area contributed by atoms with Gasteiger partial charge in [0.2, 0.25) is 5.95 Å². The number of hydrogen-bond acceptors (Lipinski definition) is 4. The number of aromatic nitrogens is 4. The fourth-order valence-electron chi connectivity index (χ4n) is 9.57. The van der Waals surface area contributed by atoms with E-state index < -0.39 is 0 Å². The smallest absolute Gasteiger partial charge is 0.238 e. The molecule has 5 heteroatoms. The minimum atomic E-state index is 0.550. The first-order valence-corrected chi connectivity index (χ1v) is 20.9. The highest BCUT2D eigenvalue weighted by molar-refractivity contribution is 6.25. The summed E-state index contributed by atoms with van der Waals surface area (Å²) in [6.45, 7) is 0. The average molecular weight is 791 g/mol. The van der Waals surface area contributed by atoms with Crippen LogP contribution >= 0.6 is 0 Å². The van der Waals surface area contributed by atoms with Gasteiger partial charge in [0, 0.05) is 38.2 Å². The Morgan fingerprint density at radius 2 is 0.806 bits per heavy atom. The van der Waals surface area contributed by atoms with E-state index >= 15 is 0 Å². The van der Waals surface area contributed by atoms with Gasteiger partial charge in [0.15, 0.2) is 11.6 Å². The number of fused-ring (bicyclic) bond motifs is 12. The lowest BCUT2D eigenvalue weighted by molar-refractivity contribution is 0.669. The average Bonchev–Trinajstić information content (AvgIpc) is 3.89. The van der Waals surface area contributed by atoms with Gasteiger partial charge >= 0.3 is 0 Å². The van der Waals surface area contributed by atoms with Crippen LogP contribution in [-0.4, -0.2) is 19.5 Å². The van der Waals surface area contributed by atoms with Crippen molar-refractivity contribution in [2.45, 2.75) is 0 Å². The lowest BCUT2D eigenvalue weighted by atomic mass is 9.93. The second kappa shape index (κ2) is 13.6. The van der Waals surface area contributed by atoms with E-state index in [-0.39, 0.29) is 0 Å². The van der Waals surface area contributed by atoms with Gasteiger partial charge in [-0.15, -0.1) is 0 Å². The normalized spacial score (nSPS) is 11.9. The SMILES string of the molecule is c1ccc(-c2ccc3c(c2)oc2cc(-c4cccc5c6ccccc6n(-c6nc(-c7ccccc7)nc(-c7ccc8c9ccccc9c9ccccc9c8c7)n6)c45)ccc23)cc1. The van der Waals surface area contributed by atoms with E-state index in [1.807, 2.05) is 24.3 Å². The van der Waals surface area contributed by atoms with Gasteiger partial charge in [0.05, 0.1) is 11.0 Å². The predicted molar refractivity (Wildman–Crippen MR) is 256 cm³/mol. The molecule has 0 aliphatic rings. The number of hydrogen-bond donors (Lipinski definition) is 0. The molecule has 13 rings (SSSR count). The molecule has 62 heavy (non-hydrogen) atoms. The monoisotopic (exact) mass is 790 g/mol. The molecule has 288 valence electrons. The first-order chi connectivity index (χ1) is 30.7. The van der Waals surface area contributed by atoms with Crippen LogP contribution in [0.3, 0.4) is 0 Å². The van der Waals surface area contributed by atoms with Gasteiger partial charge in [-0.1, -0.05) is 170 Å². The van der Waals surface area contributed by atoms with Crippen molar-refractivity contribution in [2.24, 2.45) is 0 Å². The number of rotatable bonds is 5. The van der Waals surface area contributed by atoms with Crippen molar-refractivity contribution in [3.05, 3.63) is 206 Å². The molecule has 10 aromatic carbocycles. The summed E-state index contributed by atoms with van der Waals surface area (Å²) in [5, 5.41) is 11.7. The number of benzene rings is 10. The molecule has 0 saturated heterocycles. The van der Waals surface area contributed by atoms with Crippen molar-refractivity contribution in [1.29, 1.82) is 0 Å². The zero-order chi connectivity index (χ0) is 40.7. The highest BCUT2D eigenvalue weighted by Gasteiger charge is 2.22. The molecule has 0 aliphatic carbocycles. The molecule has 3 aromatic heterocycles. The Morgan fingerprint density at radius 3 is 1.50 bits per heavy atom. The van der Waals surface area contributed by atoms with Gasteiger partial charge in [-0.05, 0) is 85.4 Å². The first kappa shape index (κ1) is 34.5. The van der Waals surface area contributed by atoms with Crippen LogP contribution in [-0.2, 0) is 0 Å². The lowest BCUT2D eigenvalue weighted by Gasteiger charge is -2.14. The molecule has 0 atom stereocenters. The molecule has 0 spiro atoms. The van der Waals surface area contributed by atoms with Gasteiger partial charge in [-0.3, -0.25) is 4.57 Å². The Labute approximate surface area is 355 Å². The molecule has 0 fully saturated rings. The van der Waals surface area contributed by atoms with E-state index in [9.17, 15) is 0 Å². The zero-order valence-corrected chi connectivity index (χ0v) is 33.3. The minimum absolute atomic E-state index is 0.550. The minimum Gasteiger partial charge on any atom is -0.456 e. The fourth-order valence-corrected chi connectivity index (χ4v) is 9.57. The van der Waals surface area contributed by atoms with Crippen LogP contribution in [0.4, 0.5) is 0 Å². The highest BCUT2D eigenvalue weighted by atomic mass is 16.3. The second-order valence-corrected chi connectivity index (χ2v) is 15.9. The number of furan rings is 1. The van der Waals surface area contributed by atoms with Crippen LogP contribution in [0.5, 0.6) is 0 Å². The van der Waals surface area contributed by atoms with Gasteiger partial charge in [0.1, 0.15) is 11.2 Å². The third kappa shape index (κ3) is 5.32. The quantitative estimate of drug-likeness (QED) is 0.163. The Kier molecular flexibility index (Phi) is 7.54. The molecule has 13 aromatic rings. The largest absolute Gasteiger partial charge is 0.456 e. The van der Waals surface area contributed by atoms with E-state index in [4.69, 9.17) is 19.4 Å². The summed E-state index contributed by atoms with van der Waals surface area (Å²) >= 11 is 0. The summed E-state index contributed by atoms with van der Waals surface area (Å²) in [5.41, 5.74) is 9.96. The van der Waals surface area contributed by atoms with Crippen LogP contribution in [0.1, 0.15) is 0 Å². The molecule has 5 nitrogen and oxygen atoms in total. The second-order valence-electron chi connectivity index (χ2n) is 15.9.